The number of likely N-dealkylation sites (tertiary alicyclic amines) is 1. The van der Waals surface area contributed by atoms with Crippen molar-refractivity contribution in [1.29, 1.82) is 0 Å². The monoisotopic (exact) mass is 287 g/mol. The molecule has 112 valence electrons. The Morgan fingerprint density at radius 1 is 1.43 bits per heavy atom. The zero-order valence-corrected chi connectivity index (χ0v) is 12.6. The molecule has 0 unspecified atom stereocenters. The minimum absolute atomic E-state index is 0.00629. The van der Waals surface area contributed by atoms with Crippen LogP contribution in [-0.4, -0.2) is 48.8 Å². The molecule has 0 spiro atoms. The van der Waals surface area contributed by atoms with E-state index in [1.54, 1.807) is 7.11 Å². The predicted molar refractivity (Wildman–Crippen MR) is 81.1 cm³/mol. The fourth-order valence-corrected chi connectivity index (χ4v) is 2.55. The van der Waals surface area contributed by atoms with E-state index >= 15 is 0 Å². The van der Waals surface area contributed by atoms with Gasteiger partial charge in [0, 0.05) is 25.8 Å². The molecule has 1 saturated heterocycles. The number of aliphatic hydroxyl groups is 1. The summed E-state index contributed by atoms with van der Waals surface area (Å²) in [5, 5.41) is 8.85. The van der Waals surface area contributed by atoms with E-state index in [1.807, 2.05) is 30.0 Å². The van der Waals surface area contributed by atoms with Gasteiger partial charge in [-0.1, -0.05) is 17.9 Å². The number of carbonyl (C=O) groups excluding carboxylic acids is 1. The van der Waals surface area contributed by atoms with Gasteiger partial charge in [0.15, 0.2) is 0 Å². The Morgan fingerprint density at radius 3 is 2.76 bits per heavy atom. The van der Waals surface area contributed by atoms with E-state index in [0.717, 1.165) is 18.4 Å². The zero-order valence-electron chi connectivity index (χ0n) is 12.6. The Labute approximate surface area is 125 Å². The summed E-state index contributed by atoms with van der Waals surface area (Å²) in [7, 11) is 1.71. The molecule has 1 aromatic rings. The molecule has 1 heterocycles. The summed E-state index contributed by atoms with van der Waals surface area (Å²) in [6.07, 6.45) is 1.98. The number of hydrogen-bond donors (Lipinski definition) is 1. The van der Waals surface area contributed by atoms with Crippen LogP contribution in [0.25, 0.3) is 0 Å². The van der Waals surface area contributed by atoms with E-state index in [0.29, 0.717) is 24.2 Å². The van der Waals surface area contributed by atoms with E-state index in [-0.39, 0.29) is 18.6 Å². The third kappa shape index (κ3) is 3.84. The highest BCUT2D eigenvalue weighted by atomic mass is 16.5. The Hall–Kier alpha value is -1.83. The maximum absolute atomic E-state index is 12.6. The highest BCUT2D eigenvalue weighted by Crippen LogP contribution is 2.18. The second-order valence-electron chi connectivity index (χ2n) is 5.24. The van der Waals surface area contributed by atoms with Gasteiger partial charge in [-0.2, -0.15) is 0 Å². The molecule has 1 amide bonds. The average Bonchev–Trinajstić information content (AvgIpc) is 2.52. The first-order valence-electron chi connectivity index (χ1n) is 7.18. The highest BCUT2D eigenvalue weighted by Gasteiger charge is 2.24. The van der Waals surface area contributed by atoms with Crippen LogP contribution in [0.5, 0.6) is 0 Å². The maximum atomic E-state index is 12.6. The number of carbonyl (C=O) groups is 1. The molecule has 1 aliphatic heterocycles. The molecule has 0 bridgehead atoms. The van der Waals surface area contributed by atoms with Gasteiger partial charge in [0.05, 0.1) is 11.7 Å². The lowest BCUT2D eigenvalue weighted by Gasteiger charge is -2.31. The van der Waals surface area contributed by atoms with Crippen LogP contribution >= 0.6 is 0 Å². The molecule has 1 aromatic carbocycles. The SMILES string of the molecule is COC1CCN(C(=O)c2ccc(C)cc2C#CCO)CC1. The number of rotatable bonds is 2. The molecule has 0 aromatic heterocycles. The first-order valence-corrected chi connectivity index (χ1v) is 7.18. The molecule has 0 atom stereocenters. The van der Waals surface area contributed by atoms with Gasteiger partial charge in [-0.25, -0.2) is 0 Å². The van der Waals surface area contributed by atoms with E-state index in [1.165, 1.54) is 0 Å². The third-order valence-corrected chi connectivity index (χ3v) is 3.77. The standard InChI is InChI=1S/C17H21NO3/c1-13-5-6-16(14(12-13)4-3-11-19)17(20)18-9-7-15(21-2)8-10-18/h5-6,12,15,19H,7-11H2,1-2H3. The Bertz CT molecular complexity index is 563. The second kappa shape index (κ2) is 7.26. The van der Waals surface area contributed by atoms with Crippen molar-refractivity contribution in [2.45, 2.75) is 25.9 Å². The maximum Gasteiger partial charge on any atom is 0.255 e. The summed E-state index contributed by atoms with van der Waals surface area (Å²) in [5.74, 6) is 5.50. The van der Waals surface area contributed by atoms with Crippen molar-refractivity contribution in [3.8, 4) is 11.8 Å². The molecular formula is C17H21NO3. The molecule has 0 aliphatic carbocycles. The summed E-state index contributed by atoms with van der Waals surface area (Å²) in [4.78, 5) is 14.5. The van der Waals surface area contributed by atoms with Crippen LogP contribution in [0.4, 0.5) is 0 Å². The topological polar surface area (TPSA) is 49.8 Å². The number of amides is 1. The number of ether oxygens (including phenoxy) is 1. The Kier molecular flexibility index (Phi) is 5.38. The van der Waals surface area contributed by atoms with E-state index < -0.39 is 0 Å². The van der Waals surface area contributed by atoms with Crippen molar-refractivity contribution in [3.63, 3.8) is 0 Å². The molecule has 21 heavy (non-hydrogen) atoms. The van der Waals surface area contributed by atoms with Gasteiger partial charge >= 0.3 is 0 Å². The molecule has 0 saturated carbocycles. The summed E-state index contributed by atoms with van der Waals surface area (Å²) < 4.78 is 5.33. The van der Waals surface area contributed by atoms with E-state index in [4.69, 9.17) is 9.84 Å². The van der Waals surface area contributed by atoms with Crippen LogP contribution in [-0.2, 0) is 4.74 Å². The average molecular weight is 287 g/mol. The summed E-state index contributed by atoms with van der Waals surface area (Å²) in [6, 6.07) is 5.62. The number of piperidine rings is 1. The van der Waals surface area contributed by atoms with Crippen LogP contribution in [0.2, 0.25) is 0 Å². The molecule has 4 nitrogen and oxygen atoms in total. The van der Waals surface area contributed by atoms with Gasteiger partial charge in [0.1, 0.15) is 6.61 Å². The number of hydrogen-bond acceptors (Lipinski definition) is 3. The first kappa shape index (κ1) is 15.6. The lowest BCUT2D eigenvalue weighted by atomic mass is 10.0. The van der Waals surface area contributed by atoms with Crippen LogP contribution in [0.3, 0.4) is 0 Å². The highest BCUT2D eigenvalue weighted by molar-refractivity contribution is 5.97. The lowest BCUT2D eigenvalue weighted by molar-refractivity contribution is 0.0350. The van der Waals surface area contributed by atoms with Crippen molar-refractivity contribution in [1.82, 2.24) is 4.90 Å². The van der Waals surface area contributed by atoms with Gasteiger partial charge in [-0.3, -0.25) is 4.79 Å². The van der Waals surface area contributed by atoms with Gasteiger partial charge in [0.25, 0.3) is 5.91 Å². The Morgan fingerprint density at radius 2 is 2.14 bits per heavy atom. The zero-order chi connectivity index (χ0) is 15.2. The van der Waals surface area contributed by atoms with Crippen LogP contribution in [0, 0.1) is 18.8 Å². The summed E-state index contributed by atoms with van der Waals surface area (Å²) in [6.45, 7) is 3.17. The molecule has 1 aliphatic rings. The van der Waals surface area contributed by atoms with Gasteiger partial charge in [0.2, 0.25) is 0 Å². The van der Waals surface area contributed by atoms with Crippen molar-refractivity contribution in [2.75, 3.05) is 26.8 Å². The van der Waals surface area contributed by atoms with Crippen molar-refractivity contribution >= 4 is 5.91 Å². The van der Waals surface area contributed by atoms with Crippen molar-refractivity contribution < 1.29 is 14.6 Å². The predicted octanol–water partition coefficient (Wildman–Crippen LogP) is 1.59. The molecule has 4 heteroatoms. The first-order chi connectivity index (χ1) is 10.2. The molecule has 0 radical (unpaired) electrons. The minimum Gasteiger partial charge on any atom is -0.384 e. The fraction of sp³-hybridized carbons (Fsp3) is 0.471. The largest absolute Gasteiger partial charge is 0.384 e. The van der Waals surface area contributed by atoms with Crippen molar-refractivity contribution in [2.24, 2.45) is 0 Å². The van der Waals surface area contributed by atoms with Crippen molar-refractivity contribution in [3.05, 3.63) is 34.9 Å². The Balaban J connectivity index is 2.19. The summed E-state index contributed by atoms with van der Waals surface area (Å²) in [5.41, 5.74) is 2.34. The van der Waals surface area contributed by atoms with Gasteiger partial charge in [-0.05, 0) is 37.5 Å². The van der Waals surface area contributed by atoms with Gasteiger partial charge < -0.3 is 14.7 Å². The van der Waals surface area contributed by atoms with Crippen LogP contribution in [0.1, 0.15) is 34.3 Å². The van der Waals surface area contributed by atoms with Crippen LogP contribution in [0.15, 0.2) is 18.2 Å². The van der Waals surface area contributed by atoms with E-state index in [9.17, 15) is 4.79 Å². The number of aliphatic hydroxyl groups excluding tert-OH is 1. The number of nitrogens with zero attached hydrogens (tertiary/aromatic N) is 1. The minimum atomic E-state index is -0.208. The number of benzene rings is 1. The van der Waals surface area contributed by atoms with Gasteiger partial charge in [-0.15, -0.1) is 0 Å². The molecule has 1 N–H and O–H groups in total. The third-order valence-electron chi connectivity index (χ3n) is 3.77. The molecule has 2 rings (SSSR count). The van der Waals surface area contributed by atoms with E-state index in [2.05, 4.69) is 11.8 Å². The number of aryl methyl sites for hydroxylation is 1. The molecular weight excluding hydrogens is 266 g/mol. The quantitative estimate of drug-likeness (QED) is 0.840. The van der Waals surface area contributed by atoms with Crippen LogP contribution < -0.4 is 0 Å². The lowest BCUT2D eigenvalue weighted by Crippen LogP contribution is -2.40. The normalized spacial score (nSPS) is 15.5. The second-order valence-corrected chi connectivity index (χ2v) is 5.24. The fourth-order valence-electron chi connectivity index (χ4n) is 2.55. The summed E-state index contributed by atoms with van der Waals surface area (Å²) >= 11 is 0. The number of methoxy groups -OCH3 is 1. The smallest absolute Gasteiger partial charge is 0.255 e. The molecule has 1 fully saturated rings.